The second-order valence-electron chi connectivity index (χ2n) is 3.22. The highest BCUT2D eigenvalue weighted by molar-refractivity contribution is 7.33. The first-order chi connectivity index (χ1) is 7.81. The predicted octanol–water partition coefficient (Wildman–Crippen LogP) is 3.71. The molecule has 0 bridgehead atoms. The molecule has 0 N–H and O–H groups in total. The van der Waals surface area contributed by atoms with E-state index in [0.29, 0.717) is 0 Å². The maximum absolute atomic E-state index is 11.0. The molecule has 0 aliphatic rings. The molecule has 0 saturated heterocycles. The third-order valence-electron chi connectivity index (χ3n) is 1.72. The molecule has 0 atom stereocenters. The highest BCUT2D eigenvalue weighted by Crippen LogP contribution is 2.21. The zero-order chi connectivity index (χ0) is 12.1. The molecule has 0 aromatic rings. The molecule has 90 valence electrons. The molecule has 0 aliphatic heterocycles. The van der Waals surface area contributed by atoms with Crippen LogP contribution in [0.25, 0.3) is 0 Å². The number of unbranched alkanes of at least 4 members (excludes halogenated alkanes) is 4. The molecule has 3 nitrogen and oxygen atoms in total. The van der Waals surface area contributed by atoms with Crippen LogP contribution >= 0.6 is 8.25 Å². The van der Waals surface area contributed by atoms with Crippen molar-refractivity contribution in [2.45, 2.75) is 52.4 Å². The minimum absolute atomic E-state index is 0.758. The van der Waals surface area contributed by atoms with Gasteiger partial charge in [-0.3, -0.25) is 0 Å². The maximum Gasteiger partial charge on any atom is 0.435 e. The van der Waals surface area contributed by atoms with Gasteiger partial charge < -0.3 is 9.05 Å². The molecule has 0 aromatic heterocycles. The molecule has 0 unspecified atom stereocenters. The number of hydrogen-bond acceptors (Lipinski definition) is 3. The summed E-state index contributed by atoms with van der Waals surface area (Å²) in [5.41, 5.74) is 0. The van der Waals surface area contributed by atoms with Crippen molar-refractivity contribution in [1.29, 1.82) is 0 Å². The van der Waals surface area contributed by atoms with E-state index in [2.05, 4.69) is 46.9 Å². The van der Waals surface area contributed by atoms with E-state index in [9.17, 15) is 4.57 Å². The van der Waals surface area contributed by atoms with Crippen molar-refractivity contribution in [1.82, 2.24) is 0 Å². The zero-order valence-electron chi connectivity index (χ0n) is 9.97. The van der Waals surface area contributed by atoms with Gasteiger partial charge in [0, 0.05) is 12.8 Å². The molecule has 16 heavy (non-hydrogen) atoms. The normalized spacial score (nSPS) is 8.69. The smallest absolute Gasteiger partial charge is 0.364 e. The minimum atomic E-state index is -2.56. The fraction of sp³-hybridized carbons (Fsp3) is 0.667. The van der Waals surface area contributed by atoms with E-state index in [1.54, 1.807) is 0 Å². The Morgan fingerprint density at radius 2 is 1.38 bits per heavy atom. The first-order valence-corrected chi connectivity index (χ1v) is 6.87. The van der Waals surface area contributed by atoms with Gasteiger partial charge in [0.05, 0.1) is 0 Å². The van der Waals surface area contributed by atoms with Gasteiger partial charge in [-0.2, -0.15) is 0 Å². The van der Waals surface area contributed by atoms with Gasteiger partial charge in [-0.25, -0.2) is 4.57 Å². The van der Waals surface area contributed by atoms with Gasteiger partial charge in [0.15, 0.2) is 0 Å². The molecule has 0 aromatic carbocycles. The van der Waals surface area contributed by atoms with Gasteiger partial charge in [-0.05, 0) is 12.8 Å². The van der Waals surface area contributed by atoms with Crippen LogP contribution in [0.5, 0.6) is 0 Å². The Balaban J connectivity index is 3.55. The molecule has 0 rings (SSSR count). The molecule has 0 aliphatic carbocycles. The summed E-state index contributed by atoms with van der Waals surface area (Å²) in [6.45, 7) is 4.17. The van der Waals surface area contributed by atoms with Crippen molar-refractivity contribution in [3.8, 4) is 24.1 Å². The first kappa shape index (κ1) is 14.9. The molecule has 4 heteroatoms. The molecular formula is C12H19O3P. The van der Waals surface area contributed by atoms with Crippen LogP contribution in [0.2, 0.25) is 0 Å². The monoisotopic (exact) mass is 242 g/mol. The maximum atomic E-state index is 11.0. The second kappa shape index (κ2) is 12.0. The van der Waals surface area contributed by atoms with E-state index in [0.717, 1.165) is 38.5 Å². The average molecular weight is 242 g/mol. The van der Waals surface area contributed by atoms with E-state index in [1.807, 2.05) is 0 Å². The van der Waals surface area contributed by atoms with Crippen LogP contribution in [0, 0.1) is 24.1 Å². The molecule has 0 heterocycles. The van der Waals surface area contributed by atoms with E-state index >= 15 is 0 Å². The first-order valence-electron chi connectivity index (χ1n) is 5.64. The summed E-state index contributed by atoms with van der Waals surface area (Å²) < 4.78 is 20.4. The van der Waals surface area contributed by atoms with Crippen molar-refractivity contribution in [2.24, 2.45) is 0 Å². The zero-order valence-corrected chi connectivity index (χ0v) is 11.0. The van der Waals surface area contributed by atoms with E-state index in [1.165, 1.54) is 0 Å². The number of rotatable bonds is 6. The molecule has 0 spiro atoms. The highest BCUT2D eigenvalue weighted by Gasteiger charge is 1.92. The van der Waals surface area contributed by atoms with Crippen molar-refractivity contribution in [2.75, 3.05) is 0 Å². The topological polar surface area (TPSA) is 35.5 Å². The van der Waals surface area contributed by atoms with Crippen molar-refractivity contribution in [3.05, 3.63) is 0 Å². The standard InChI is InChI=1S/C12H19O3P/c1-3-5-7-9-11-14-16(13)15-12-10-8-6-4-2/h16H,3-8H2,1-2H3. The fourth-order valence-electron chi connectivity index (χ4n) is 0.809. The van der Waals surface area contributed by atoms with Gasteiger partial charge in [0.2, 0.25) is 0 Å². The van der Waals surface area contributed by atoms with Crippen LogP contribution in [0.15, 0.2) is 0 Å². The Bertz CT molecular complexity index is 274. The SMILES string of the molecule is CCCCC#CO[PH](=O)OC#CCCCC. The van der Waals surface area contributed by atoms with Gasteiger partial charge >= 0.3 is 8.25 Å². The van der Waals surface area contributed by atoms with E-state index < -0.39 is 8.25 Å². The predicted molar refractivity (Wildman–Crippen MR) is 65.8 cm³/mol. The van der Waals surface area contributed by atoms with Crippen LogP contribution in [0.4, 0.5) is 0 Å². The second-order valence-corrected chi connectivity index (χ2v) is 4.13. The summed E-state index contributed by atoms with van der Waals surface area (Å²) in [6, 6.07) is 0. The lowest BCUT2D eigenvalue weighted by Gasteiger charge is -1.93. The van der Waals surface area contributed by atoms with Crippen molar-refractivity contribution < 1.29 is 13.6 Å². The largest absolute Gasteiger partial charge is 0.435 e. The lowest BCUT2D eigenvalue weighted by atomic mass is 10.3. The summed E-state index contributed by atoms with van der Waals surface area (Å²) in [4.78, 5) is 0. The molecule has 0 fully saturated rings. The summed E-state index contributed by atoms with van der Waals surface area (Å²) in [6.07, 6.45) is 10.5. The van der Waals surface area contributed by atoms with Gasteiger partial charge in [0.1, 0.15) is 12.2 Å². The van der Waals surface area contributed by atoms with Crippen LogP contribution in [-0.2, 0) is 13.6 Å². The Morgan fingerprint density at radius 3 is 1.75 bits per heavy atom. The third-order valence-corrected chi connectivity index (χ3v) is 2.26. The van der Waals surface area contributed by atoms with E-state index in [4.69, 9.17) is 0 Å². The summed E-state index contributed by atoms with van der Waals surface area (Å²) in [5, 5.41) is 0. The quantitative estimate of drug-likeness (QED) is 0.404. The van der Waals surface area contributed by atoms with Crippen LogP contribution in [-0.4, -0.2) is 0 Å². The highest BCUT2D eigenvalue weighted by atomic mass is 31.1. The minimum Gasteiger partial charge on any atom is -0.364 e. The lowest BCUT2D eigenvalue weighted by Crippen LogP contribution is -1.73. The average Bonchev–Trinajstić information content (AvgIpc) is 2.28. The Labute approximate surface area is 98.9 Å². The van der Waals surface area contributed by atoms with Crippen molar-refractivity contribution >= 4 is 8.25 Å². The summed E-state index contributed by atoms with van der Waals surface area (Å²) >= 11 is 0. The molecule has 0 amide bonds. The van der Waals surface area contributed by atoms with Crippen LogP contribution < -0.4 is 0 Å². The fourth-order valence-corrected chi connectivity index (χ4v) is 1.16. The Hall–Kier alpha value is -1.05. The molecular weight excluding hydrogens is 223 g/mol. The summed E-state index contributed by atoms with van der Waals surface area (Å²) in [5.74, 6) is 5.51. The van der Waals surface area contributed by atoms with Crippen LogP contribution in [0.1, 0.15) is 52.4 Å². The summed E-state index contributed by atoms with van der Waals surface area (Å²) in [7, 11) is -2.56. The molecule has 0 saturated carbocycles. The van der Waals surface area contributed by atoms with Gasteiger partial charge in [-0.1, -0.05) is 38.5 Å². The van der Waals surface area contributed by atoms with Crippen molar-refractivity contribution in [3.63, 3.8) is 0 Å². The Kier molecular flexibility index (Phi) is 11.2. The van der Waals surface area contributed by atoms with Gasteiger partial charge in [-0.15, -0.1) is 0 Å². The molecule has 0 radical (unpaired) electrons. The number of hydrogen-bond donors (Lipinski definition) is 0. The van der Waals surface area contributed by atoms with E-state index in [-0.39, 0.29) is 0 Å². The Morgan fingerprint density at radius 1 is 0.938 bits per heavy atom. The van der Waals surface area contributed by atoms with Crippen LogP contribution in [0.3, 0.4) is 0 Å². The third kappa shape index (κ3) is 11.0. The van der Waals surface area contributed by atoms with Gasteiger partial charge in [0.25, 0.3) is 0 Å². The lowest BCUT2D eigenvalue weighted by molar-refractivity contribution is 0.383.